The molecule has 0 saturated carbocycles. The van der Waals surface area contributed by atoms with Crippen molar-refractivity contribution in [2.75, 3.05) is 13.2 Å². The summed E-state index contributed by atoms with van der Waals surface area (Å²) in [5, 5.41) is 0. The minimum Gasteiger partial charge on any atom is -0.492 e. The summed E-state index contributed by atoms with van der Waals surface area (Å²) >= 11 is 0. The lowest BCUT2D eigenvalue weighted by Gasteiger charge is -2.09. The molecule has 1 aliphatic heterocycles. The summed E-state index contributed by atoms with van der Waals surface area (Å²) in [6.07, 6.45) is 0. The van der Waals surface area contributed by atoms with E-state index in [1.54, 1.807) is 0 Å². The first-order chi connectivity index (χ1) is 7.68. The van der Waals surface area contributed by atoms with Gasteiger partial charge in [-0.3, -0.25) is 4.99 Å². The number of fused-ring (bicyclic) bond motifs is 1. The van der Waals surface area contributed by atoms with Gasteiger partial charge in [-0.1, -0.05) is 32.0 Å². The summed E-state index contributed by atoms with van der Waals surface area (Å²) in [4.78, 5) is 4.42. The van der Waals surface area contributed by atoms with Crippen molar-refractivity contribution in [2.45, 2.75) is 19.8 Å². The lowest BCUT2D eigenvalue weighted by Crippen LogP contribution is -2.24. The average Bonchev–Trinajstić information content (AvgIpc) is 2.69. The Balaban J connectivity index is 2.15. The van der Waals surface area contributed by atoms with Crippen molar-refractivity contribution < 1.29 is 4.74 Å². The van der Waals surface area contributed by atoms with Crippen LogP contribution in [0.15, 0.2) is 29.3 Å². The predicted octanol–water partition coefficient (Wildman–Crippen LogP) is 2.18. The number of nitrogens with zero attached hydrogens (tertiary/aromatic N) is 1. The van der Waals surface area contributed by atoms with Gasteiger partial charge in [-0.05, 0) is 12.0 Å². The van der Waals surface area contributed by atoms with Crippen molar-refractivity contribution in [1.29, 1.82) is 0 Å². The number of hydrogen-bond donors (Lipinski definition) is 1. The minimum absolute atomic E-state index is 0.134. The molecule has 0 spiro atoms. The van der Waals surface area contributed by atoms with E-state index >= 15 is 0 Å². The van der Waals surface area contributed by atoms with Gasteiger partial charge in [-0.15, -0.1) is 0 Å². The lowest BCUT2D eigenvalue weighted by molar-refractivity contribution is 0.349. The molecule has 0 bridgehead atoms. The molecule has 2 rings (SSSR count). The van der Waals surface area contributed by atoms with E-state index in [2.05, 4.69) is 24.9 Å². The van der Waals surface area contributed by atoms with Crippen molar-refractivity contribution in [1.82, 2.24) is 0 Å². The lowest BCUT2D eigenvalue weighted by atomic mass is 10.0. The maximum absolute atomic E-state index is 6.01. The molecule has 0 aliphatic carbocycles. The molecular formula is C13H18N2O. The van der Waals surface area contributed by atoms with Gasteiger partial charge in [0.2, 0.25) is 0 Å². The topological polar surface area (TPSA) is 47.6 Å². The van der Waals surface area contributed by atoms with Crippen LogP contribution in [0.5, 0.6) is 5.75 Å². The number of amidine groups is 1. The average molecular weight is 218 g/mol. The van der Waals surface area contributed by atoms with E-state index in [0.29, 0.717) is 18.4 Å². The molecule has 1 aromatic rings. The highest BCUT2D eigenvalue weighted by Crippen LogP contribution is 2.33. The zero-order valence-electron chi connectivity index (χ0n) is 9.81. The molecule has 1 unspecified atom stereocenters. The van der Waals surface area contributed by atoms with Crippen LogP contribution >= 0.6 is 0 Å². The van der Waals surface area contributed by atoms with Crippen molar-refractivity contribution in [3.05, 3.63) is 29.8 Å². The number of hydrogen-bond acceptors (Lipinski definition) is 2. The monoisotopic (exact) mass is 218 g/mol. The second-order valence-corrected chi connectivity index (χ2v) is 4.56. The summed E-state index contributed by atoms with van der Waals surface area (Å²) in [5.74, 6) is 2.31. The fourth-order valence-corrected chi connectivity index (χ4v) is 1.81. The van der Waals surface area contributed by atoms with Gasteiger partial charge >= 0.3 is 0 Å². The third kappa shape index (κ3) is 2.18. The van der Waals surface area contributed by atoms with E-state index in [1.165, 1.54) is 0 Å². The van der Waals surface area contributed by atoms with Crippen molar-refractivity contribution in [3.63, 3.8) is 0 Å². The van der Waals surface area contributed by atoms with Crippen LogP contribution < -0.4 is 10.5 Å². The molecule has 1 heterocycles. The maximum Gasteiger partial charge on any atom is 0.123 e. The molecule has 0 aromatic heterocycles. The third-order valence-corrected chi connectivity index (χ3v) is 2.70. The molecule has 16 heavy (non-hydrogen) atoms. The van der Waals surface area contributed by atoms with E-state index in [0.717, 1.165) is 17.9 Å². The normalized spacial score (nSPS) is 19.7. The third-order valence-electron chi connectivity index (χ3n) is 2.70. The van der Waals surface area contributed by atoms with Gasteiger partial charge < -0.3 is 10.5 Å². The Kier molecular flexibility index (Phi) is 3.13. The first-order valence-electron chi connectivity index (χ1n) is 5.70. The van der Waals surface area contributed by atoms with Crippen LogP contribution in [0.2, 0.25) is 0 Å². The predicted molar refractivity (Wildman–Crippen MR) is 66.0 cm³/mol. The molecule has 86 valence electrons. The van der Waals surface area contributed by atoms with E-state index in [4.69, 9.17) is 10.5 Å². The SMILES string of the molecule is CC(C)CN=C(N)C1COc2ccccc21. The van der Waals surface area contributed by atoms with Crippen LogP contribution in [0, 0.1) is 5.92 Å². The molecule has 1 aliphatic rings. The number of para-hydroxylation sites is 1. The van der Waals surface area contributed by atoms with E-state index < -0.39 is 0 Å². The van der Waals surface area contributed by atoms with Crippen LogP contribution in [-0.2, 0) is 0 Å². The van der Waals surface area contributed by atoms with Gasteiger partial charge in [0.25, 0.3) is 0 Å². The second kappa shape index (κ2) is 4.56. The Morgan fingerprint density at radius 1 is 1.50 bits per heavy atom. The Morgan fingerprint density at radius 2 is 2.25 bits per heavy atom. The van der Waals surface area contributed by atoms with Gasteiger partial charge in [0.1, 0.15) is 18.2 Å². The Hall–Kier alpha value is -1.51. The van der Waals surface area contributed by atoms with Gasteiger partial charge in [0.05, 0.1) is 5.92 Å². The molecule has 3 heteroatoms. The molecule has 3 nitrogen and oxygen atoms in total. The van der Waals surface area contributed by atoms with E-state index in [1.807, 2.05) is 18.2 Å². The molecule has 1 atom stereocenters. The Morgan fingerprint density at radius 3 is 3.00 bits per heavy atom. The van der Waals surface area contributed by atoms with Crippen LogP contribution in [0.1, 0.15) is 25.3 Å². The van der Waals surface area contributed by atoms with Gasteiger partial charge in [-0.2, -0.15) is 0 Å². The van der Waals surface area contributed by atoms with Crippen molar-refractivity contribution >= 4 is 5.84 Å². The first-order valence-corrected chi connectivity index (χ1v) is 5.70. The minimum atomic E-state index is 0.134. The van der Waals surface area contributed by atoms with Gasteiger partial charge in [0.15, 0.2) is 0 Å². The Bertz CT molecular complexity index is 399. The number of aliphatic imine (C=N–C) groups is 1. The zero-order valence-corrected chi connectivity index (χ0v) is 9.81. The first kappa shape index (κ1) is 11.0. The molecule has 0 amide bonds. The molecule has 0 radical (unpaired) electrons. The van der Waals surface area contributed by atoms with Crippen molar-refractivity contribution in [2.24, 2.45) is 16.6 Å². The van der Waals surface area contributed by atoms with Gasteiger partial charge in [0, 0.05) is 12.1 Å². The quantitative estimate of drug-likeness (QED) is 0.624. The molecule has 2 N–H and O–H groups in total. The molecule has 0 fully saturated rings. The van der Waals surface area contributed by atoms with Crippen LogP contribution in [0.3, 0.4) is 0 Å². The highest BCUT2D eigenvalue weighted by atomic mass is 16.5. The standard InChI is InChI=1S/C13H18N2O/c1-9(2)7-15-13(14)11-8-16-12-6-4-3-5-10(11)12/h3-6,9,11H,7-8H2,1-2H3,(H2,14,15). The summed E-state index contributed by atoms with van der Waals surface area (Å²) in [6.45, 7) is 5.67. The maximum atomic E-state index is 6.01. The van der Waals surface area contributed by atoms with Crippen LogP contribution in [0.4, 0.5) is 0 Å². The fourth-order valence-electron chi connectivity index (χ4n) is 1.81. The van der Waals surface area contributed by atoms with Crippen molar-refractivity contribution in [3.8, 4) is 5.75 Å². The molecular weight excluding hydrogens is 200 g/mol. The summed E-state index contributed by atoms with van der Waals surface area (Å²) in [6, 6.07) is 8.02. The number of ether oxygens (including phenoxy) is 1. The summed E-state index contributed by atoms with van der Waals surface area (Å²) in [7, 11) is 0. The number of rotatable bonds is 3. The number of benzene rings is 1. The van der Waals surface area contributed by atoms with Crippen LogP contribution in [-0.4, -0.2) is 19.0 Å². The van der Waals surface area contributed by atoms with E-state index in [-0.39, 0.29) is 5.92 Å². The second-order valence-electron chi connectivity index (χ2n) is 4.56. The van der Waals surface area contributed by atoms with E-state index in [9.17, 15) is 0 Å². The summed E-state index contributed by atoms with van der Waals surface area (Å²) < 4.78 is 5.58. The van der Waals surface area contributed by atoms with Gasteiger partial charge in [-0.25, -0.2) is 0 Å². The summed E-state index contributed by atoms with van der Waals surface area (Å²) in [5.41, 5.74) is 7.17. The van der Waals surface area contributed by atoms with Crippen LogP contribution in [0.25, 0.3) is 0 Å². The number of nitrogens with two attached hydrogens (primary N) is 1. The largest absolute Gasteiger partial charge is 0.492 e. The highest BCUT2D eigenvalue weighted by molar-refractivity contribution is 5.89. The molecule has 1 aromatic carbocycles. The fraction of sp³-hybridized carbons (Fsp3) is 0.462. The smallest absolute Gasteiger partial charge is 0.123 e. The highest BCUT2D eigenvalue weighted by Gasteiger charge is 2.26. The zero-order chi connectivity index (χ0) is 11.5. The Labute approximate surface area is 96.3 Å². The molecule has 0 saturated heterocycles.